The van der Waals surface area contributed by atoms with Gasteiger partial charge >= 0.3 is 6.09 Å². The summed E-state index contributed by atoms with van der Waals surface area (Å²) >= 11 is 0. The monoisotopic (exact) mass is 386 g/mol. The van der Waals surface area contributed by atoms with Gasteiger partial charge in [0.15, 0.2) is 0 Å². The van der Waals surface area contributed by atoms with Crippen molar-refractivity contribution in [2.24, 2.45) is 0 Å². The average Bonchev–Trinajstić information content (AvgIpc) is 3.09. The Labute approximate surface area is 166 Å². The number of aryl methyl sites for hydroxylation is 1. The number of carbonyl (C=O) groups is 1. The number of hydrogen-bond donors (Lipinski definition) is 2. The van der Waals surface area contributed by atoms with Crippen LogP contribution in [0.1, 0.15) is 40.5 Å². The highest BCUT2D eigenvalue weighted by molar-refractivity contribution is 5.79. The van der Waals surface area contributed by atoms with Gasteiger partial charge in [0.2, 0.25) is 0 Å². The zero-order valence-electron chi connectivity index (χ0n) is 17.1. The number of alkyl carbamates (subject to hydrolysis) is 1. The molecule has 3 rings (SSSR count). The molecule has 0 spiro atoms. The van der Waals surface area contributed by atoms with Crippen LogP contribution >= 0.6 is 0 Å². The number of nitrogens with two attached hydrogens (primary N) is 1. The predicted molar refractivity (Wildman–Crippen MR) is 110 cm³/mol. The number of nitrogens with one attached hydrogen (secondary N) is 1. The lowest BCUT2D eigenvalue weighted by Crippen LogP contribution is -2.49. The van der Waals surface area contributed by atoms with E-state index in [1.165, 1.54) is 0 Å². The summed E-state index contributed by atoms with van der Waals surface area (Å²) in [7, 11) is 0. The van der Waals surface area contributed by atoms with Gasteiger partial charge in [0, 0.05) is 61.0 Å². The number of nitrogen functional groups attached to an aromatic ring is 1. The fourth-order valence-electron chi connectivity index (χ4n) is 3.41. The average molecular weight is 387 g/mol. The van der Waals surface area contributed by atoms with E-state index in [-0.39, 0.29) is 12.1 Å². The molecule has 152 valence electrons. The third kappa shape index (κ3) is 4.94. The molecular weight excluding hydrogens is 356 g/mol. The minimum Gasteiger partial charge on any atom is -0.444 e. The molecule has 2 aromatic rings. The van der Waals surface area contributed by atoms with Crippen molar-refractivity contribution in [3.05, 3.63) is 24.7 Å². The minimum atomic E-state index is -0.509. The number of hydrogen-bond acceptors (Lipinski definition) is 6. The Bertz CT molecular complexity index is 826. The Morgan fingerprint density at radius 3 is 2.86 bits per heavy atom. The van der Waals surface area contributed by atoms with Crippen LogP contribution in [0.25, 0.3) is 11.1 Å². The molecule has 1 fully saturated rings. The SMILES string of the molecule is CCn1cc(-c2cnc(N)cc2N2CCC[C@H](NC(=O)OC(C)(C)C)C2)cn1. The summed E-state index contributed by atoms with van der Waals surface area (Å²) in [6, 6.07) is 1.92. The summed E-state index contributed by atoms with van der Waals surface area (Å²) in [5.74, 6) is 0.476. The van der Waals surface area contributed by atoms with Crippen molar-refractivity contribution in [2.75, 3.05) is 23.7 Å². The van der Waals surface area contributed by atoms with Crippen LogP contribution in [-0.4, -0.2) is 45.6 Å². The third-order valence-electron chi connectivity index (χ3n) is 4.65. The molecule has 8 heteroatoms. The molecule has 0 radical (unpaired) electrons. The van der Waals surface area contributed by atoms with Crippen LogP contribution in [-0.2, 0) is 11.3 Å². The van der Waals surface area contributed by atoms with E-state index in [1.807, 2.05) is 43.9 Å². The van der Waals surface area contributed by atoms with Crippen molar-refractivity contribution in [3.8, 4) is 11.1 Å². The number of piperidine rings is 1. The first-order valence-electron chi connectivity index (χ1n) is 9.78. The molecule has 0 unspecified atom stereocenters. The number of anilines is 2. The molecule has 1 aliphatic rings. The Kier molecular flexibility index (Phi) is 5.76. The maximum atomic E-state index is 12.2. The number of pyridine rings is 1. The molecule has 1 aliphatic heterocycles. The molecule has 0 aliphatic carbocycles. The highest BCUT2D eigenvalue weighted by atomic mass is 16.6. The van der Waals surface area contributed by atoms with Crippen LogP contribution in [0.2, 0.25) is 0 Å². The van der Waals surface area contributed by atoms with Crippen molar-refractivity contribution in [1.82, 2.24) is 20.1 Å². The molecule has 3 N–H and O–H groups in total. The molecule has 0 saturated carbocycles. The summed E-state index contributed by atoms with van der Waals surface area (Å²) in [5, 5.41) is 7.37. The molecular formula is C20H30N6O2. The number of carbonyl (C=O) groups excluding carboxylic acids is 1. The van der Waals surface area contributed by atoms with Crippen LogP contribution in [0, 0.1) is 0 Å². The van der Waals surface area contributed by atoms with Gasteiger partial charge in [-0.25, -0.2) is 9.78 Å². The number of ether oxygens (including phenoxy) is 1. The summed E-state index contributed by atoms with van der Waals surface area (Å²) in [4.78, 5) is 18.7. The second-order valence-electron chi connectivity index (χ2n) is 8.14. The molecule has 2 aromatic heterocycles. The zero-order valence-corrected chi connectivity index (χ0v) is 17.1. The topological polar surface area (TPSA) is 98.3 Å². The maximum absolute atomic E-state index is 12.2. The van der Waals surface area contributed by atoms with E-state index in [4.69, 9.17) is 10.5 Å². The number of aromatic nitrogens is 3. The second kappa shape index (κ2) is 8.08. The third-order valence-corrected chi connectivity index (χ3v) is 4.65. The highest BCUT2D eigenvalue weighted by Crippen LogP contribution is 2.33. The van der Waals surface area contributed by atoms with Gasteiger partial charge < -0.3 is 20.7 Å². The maximum Gasteiger partial charge on any atom is 0.407 e. The summed E-state index contributed by atoms with van der Waals surface area (Å²) in [5.41, 5.74) is 8.48. The van der Waals surface area contributed by atoms with Crippen LogP contribution in [0.4, 0.5) is 16.3 Å². The largest absolute Gasteiger partial charge is 0.444 e. The van der Waals surface area contributed by atoms with Gasteiger partial charge in [0.25, 0.3) is 0 Å². The summed E-state index contributed by atoms with van der Waals surface area (Å²) in [6.07, 6.45) is 7.16. The fraction of sp³-hybridized carbons (Fsp3) is 0.550. The number of rotatable bonds is 4. The van der Waals surface area contributed by atoms with Gasteiger partial charge in [-0.3, -0.25) is 4.68 Å². The Morgan fingerprint density at radius 1 is 1.39 bits per heavy atom. The Balaban J connectivity index is 1.79. The quantitative estimate of drug-likeness (QED) is 0.838. The van der Waals surface area contributed by atoms with Gasteiger partial charge in [-0.1, -0.05) is 0 Å². The lowest BCUT2D eigenvalue weighted by Gasteiger charge is -2.36. The molecule has 0 aromatic carbocycles. The Hall–Kier alpha value is -2.77. The molecule has 1 amide bonds. The summed E-state index contributed by atoms with van der Waals surface area (Å²) in [6.45, 7) is 10.0. The molecule has 0 bridgehead atoms. The molecule has 1 atom stereocenters. The normalized spacial score (nSPS) is 17.4. The smallest absolute Gasteiger partial charge is 0.407 e. The van der Waals surface area contributed by atoms with Crippen LogP contribution in [0.3, 0.4) is 0 Å². The van der Waals surface area contributed by atoms with Crippen LogP contribution in [0.5, 0.6) is 0 Å². The van der Waals surface area contributed by atoms with E-state index in [0.29, 0.717) is 12.4 Å². The van der Waals surface area contributed by atoms with Crippen molar-refractivity contribution >= 4 is 17.6 Å². The molecule has 28 heavy (non-hydrogen) atoms. The molecule has 1 saturated heterocycles. The van der Waals surface area contributed by atoms with Crippen molar-refractivity contribution in [3.63, 3.8) is 0 Å². The van der Waals surface area contributed by atoms with Crippen molar-refractivity contribution < 1.29 is 9.53 Å². The van der Waals surface area contributed by atoms with E-state index >= 15 is 0 Å². The van der Waals surface area contributed by atoms with Gasteiger partial charge in [-0.05, 0) is 40.5 Å². The van der Waals surface area contributed by atoms with Crippen molar-refractivity contribution in [2.45, 2.75) is 58.7 Å². The van der Waals surface area contributed by atoms with E-state index < -0.39 is 5.60 Å². The lowest BCUT2D eigenvalue weighted by atomic mass is 10.0. The second-order valence-corrected chi connectivity index (χ2v) is 8.14. The molecule has 3 heterocycles. The molecule has 8 nitrogen and oxygen atoms in total. The first-order chi connectivity index (χ1) is 13.2. The predicted octanol–water partition coefficient (Wildman–Crippen LogP) is 3.04. The fourth-order valence-corrected chi connectivity index (χ4v) is 3.41. The van der Waals surface area contributed by atoms with Crippen molar-refractivity contribution in [1.29, 1.82) is 0 Å². The lowest BCUT2D eigenvalue weighted by molar-refractivity contribution is 0.0500. The van der Waals surface area contributed by atoms with Gasteiger partial charge in [0.05, 0.1) is 6.20 Å². The first-order valence-corrected chi connectivity index (χ1v) is 9.78. The van der Waals surface area contributed by atoms with E-state index in [2.05, 4.69) is 27.2 Å². The number of amides is 1. The van der Waals surface area contributed by atoms with E-state index in [1.54, 1.807) is 6.20 Å². The van der Waals surface area contributed by atoms with Gasteiger partial charge in [-0.2, -0.15) is 5.10 Å². The van der Waals surface area contributed by atoms with Crippen LogP contribution in [0.15, 0.2) is 24.7 Å². The standard InChI is InChI=1S/C20H30N6O2/c1-5-26-12-14(10-23-26)16-11-22-18(21)9-17(16)25-8-6-7-15(13-25)24-19(27)28-20(2,3)4/h9-12,15H,5-8,13H2,1-4H3,(H2,21,22)(H,24,27)/t15-/m0/s1. The van der Waals surface area contributed by atoms with Gasteiger partial charge in [-0.15, -0.1) is 0 Å². The van der Waals surface area contributed by atoms with E-state index in [9.17, 15) is 4.79 Å². The first kappa shape index (κ1) is 20.0. The van der Waals surface area contributed by atoms with E-state index in [0.717, 1.165) is 42.7 Å². The minimum absolute atomic E-state index is 0.0178. The zero-order chi connectivity index (χ0) is 20.3. The van der Waals surface area contributed by atoms with Gasteiger partial charge in [0.1, 0.15) is 11.4 Å². The van der Waals surface area contributed by atoms with Crippen LogP contribution < -0.4 is 16.0 Å². The number of nitrogens with zero attached hydrogens (tertiary/aromatic N) is 4. The Morgan fingerprint density at radius 2 is 2.18 bits per heavy atom. The highest BCUT2D eigenvalue weighted by Gasteiger charge is 2.26. The summed E-state index contributed by atoms with van der Waals surface area (Å²) < 4.78 is 7.29.